The Morgan fingerprint density at radius 2 is 1.76 bits per heavy atom. The molecular formula is C18H23NO6. The van der Waals surface area contributed by atoms with Crippen molar-refractivity contribution in [2.45, 2.75) is 44.9 Å². The van der Waals surface area contributed by atoms with E-state index in [0.29, 0.717) is 5.56 Å². The van der Waals surface area contributed by atoms with E-state index < -0.39 is 35.8 Å². The Kier molecular flexibility index (Phi) is 5.66. The largest absolute Gasteiger partial charge is 0.467 e. The lowest BCUT2D eigenvalue weighted by molar-refractivity contribution is -0.145. The molecule has 1 aliphatic heterocycles. The number of ether oxygens (including phenoxy) is 3. The Hall–Kier alpha value is -2.57. The summed E-state index contributed by atoms with van der Waals surface area (Å²) in [6, 6.07) is 7.70. The van der Waals surface area contributed by atoms with E-state index in [9.17, 15) is 14.4 Å². The maximum absolute atomic E-state index is 12.3. The highest BCUT2D eigenvalue weighted by molar-refractivity contribution is 5.89. The first-order valence-corrected chi connectivity index (χ1v) is 8.04. The van der Waals surface area contributed by atoms with E-state index in [1.54, 1.807) is 51.1 Å². The predicted octanol–water partition coefficient (Wildman–Crippen LogP) is 2.39. The Labute approximate surface area is 146 Å². The van der Waals surface area contributed by atoms with Crippen LogP contribution in [0.1, 0.15) is 37.6 Å². The van der Waals surface area contributed by atoms with Crippen LogP contribution in [0, 0.1) is 0 Å². The number of rotatable bonds is 3. The Morgan fingerprint density at radius 3 is 2.32 bits per heavy atom. The van der Waals surface area contributed by atoms with Crippen LogP contribution in [0.5, 0.6) is 0 Å². The average molecular weight is 349 g/mol. The molecule has 2 atom stereocenters. The smallest absolute Gasteiger partial charge is 0.411 e. The summed E-state index contributed by atoms with van der Waals surface area (Å²) in [5.74, 6) is -1.07. The van der Waals surface area contributed by atoms with Gasteiger partial charge in [0.25, 0.3) is 0 Å². The Bertz CT molecular complexity index is 637. The van der Waals surface area contributed by atoms with Gasteiger partial charge < -0.3 is 14.2 Å². The van der Waals surface area contributed by atoms with E-state index in [4.69, 9.17) is 14.2 Å². The van der Waals surface area contributed by atoms with Crippen molar-refractivity contribution in [3.05, 3.63) is 35.9 Å². The van der Waals surface area contributed by atoms with E-state index in [0.717, 1.165) is 0 Å². The maximum atomic E-state index is 12.3. The molecule has 1 saturated heterocycles. The monoisotopic (exact) mass is 349 g/mol. The van der Waals surface area contributed by atoms with Gasteiger partial charge in [-0.25, -0.2) is 14.4 Å². The Balaban J connectivity index is 2.08. The highest BCUT2D eigenvalue weighted by Crippen LogP contribution is 2.25. The molecule has 0 bridgehead atoms. The predicted molar refractivity (Wildman–Crippen MR) is 89.0 cm³/mol. The van der Waals surface area contributed by atoms with Crippen molar-refractivity contribution in [3.8, 4) is 0 Å². The van der Waals surface area contributed by atoms with Crippen molar-refractivity contribution >= 4 is 18.0 Å². The van der Waals surface area contributed by atoms with Gasteiger partial charge in [-0.3, -0.25) is 4.90 Å². The third-order valence-corrected chi connectivity index (χ3v) is 3.65. The van der Waals surface area contributed by atoms with E-state index in [1.165, 1.54) is 12.0 Å². The summed E-state index contributed by atoms with van der Waals surface area (Å²) in [5.41, 5.74) is -0.288. The SMILES string of the molecule is COC(=O)[C@@H]1C[C@@H](OC(=O)c2ccccc2)CN1C(=O)OC(C)(C)C. The molecule has 7 heteroatoms. The van der Waals surface area contributed by atoms with Gasteiger partial charge in [0.05, 0.1) is 19.2 Å². The number of hydrogen-bond donors (Lipinski definition) is 0. The van der Waals surface area contributed by atoms with Crippen molar-refractivity contribution in [1.82, 2.24) is 4.90 Å². The van der Waals surface area contributed by atoms with Crippen LogP contribution in [-0.2, 0) is 19.0 Å². The van der Waals surface area contributed by atoms with Crippen molar-refractivity contribution in [2.24, 2.45) is 0 Å². The van der Waals surface area contributed by atoms with Gasteiger partial charge in [-0.1, -0.05) is 18.2 Å². The fraction of sp³-hybridized carbons (Fsp3) is 0.500. The van der Waals surface area contributed by atoms with Crippen LogP contribution in [0.25, 0.3) is 0 Å². The number of benzene rings is 1. The number of methoxy groups -OCH3 is 1. The van der Waals surface area contributed by atoms with Gasteiger partial charge in [-0.2, -0.15) is 0 Å². The second-order valence-electron chi connectivity index (χ2n) is 6.80. The van der Waals surface area contributed by atoms with Crippen molar-refractivity contribution < 1.29 is 28.6 Å². The van der Waals surface area contributed by atoms with E-state index in [2.05, 4.69) is 0 Å². The molecule has 1 aromatic rings. The highest BCUT2D eigenvalue weighted by Gasteiger charge is 2.43. The van der Waals surface area contributed by atoms with E-state index in [1.807, 2.05) is 0 Å². The van der Waals surface area contributed by atoms with Gasteiger partial charge in [0.15, 0.2) is 0 Å². The number of likely N-dealkylation sites (tertiary alicyclic amines) is 1. The van der Waals surface area contributed by atoms with Gasteiger partial charge in [0, 0.05) is 6.42 Å². The Morgan fingerprint density at radius 1 is 1.12 bits per heavy atom. The molecule has 0 radical (unpaired) electrons. The molecule has 0 aromatic heterocycles. The summed E-state index contributed by atoms with van der Waals surface area (Å²) in [5, 5.41) is 0. The van der Waals surface area contributed by atoms with Crippen LogP contribution in [0.15, 0.2) is 30.3 Å². The molecule has 1 fully saturated rings. The summed E-state index contributed by atoms with van der Waals surface area (Å²) in [4.78, 5) is 37.8. The number of nitrogens with zero attached hydrogens (tertiary/aromatic N) is 1. The second-order valence-corrected chi connectivity index (χ2v) is 6.80. The minimum atomic E-state index is -0.839. The molecule has 25 heavy (non-hydrogen) atoms. The first kappa shape index (κ1) is 18.8. The molecule has 0 aliphatic carbocycles. The zero-order chi connectivity index (χ0) is 18.6. The van der Waals surface area contributed by atoms with Crippen LogP contribution in [0.3, 0.4) is 0 Å². The molecule has 0 unspecified atom stereocenters. The van der Waals surface area contributed by atoms with E-state index in [-0.39, 0.29) is 13.0 Å². The van der Waals surface area contributed by atoms with Crippen LogP contribution in [0.2, 0.25) is 0 Å². The third kappa shape index (κ3) is 4.95. The van der Waals surface area contributed by atoms with Crippen LogP contribution < -0.4 is 0 Å². The summed E-state index contributed by atoms with van der Waals surface area (Å²) in [6.45, 7) is 5.29. The molecule has 2 rings (SSSR count). The molecular weight excluding hydrogens is 326 g/mol. The summed E-state index contributed by atoms with van der Waals surface area (Å²) in [7, 11) is 1.25. The van der Waals surface area contributed by atoms with Crippen molar-refractivity contribution in [1.29, 1.82) is 0 Å². The molecule has 1 aromatic carbocycles. The first-order valence-electron chi connectivity index (χ1n) is 8.04. The van der Waals surface area contributed by atoms with Crippen LogP contribution in [-0.4, -0.2) is 54.3 Å². The zero-order valence-corrected chi connectivity index (χ0v) is 14.9. The highest BCUT2D eigenvalue weighted by atomic mass is 16.6. The quantitative estimate of drug-likeness (QED) is 0.616. The average Bonchev–Trinajstić information content (AvgIpc) is 2.97. The van der Waals surface area contributed by atoms with E-state index >= 15 is 0 Å². The van der Waals surface area contributed by atoms with Crippen LogP contribution in [0.4, 0.5) is 4.79 Å². The fourth-order valence-electron chi connectivity index (χ4n) is 2.56. The zero-order valence-electron chi connectivity index (χ0n) is 14.9. The summed E-state index contributed by atoms with van der Waals surface area (Å²) >= 11 is 0. The van der Waals surface area contributed by atoms with Crippen molar-refractivity contribution in [3.63, 3.8) is 0 Å². The lowest BCUT2D eigenvalue weighted by Crippen LogP contribution is -2.44. The molecule has 1 aliphatic rings. The number of carbonyl (C=O) groups is 3. The number of hydrogen-bond acceptors (Lipinski definition) is 6. The molecule has 7 nitrogen and oxygen atoms in total. The normalized spacial score (nSPS) is 20.1. The molecule has 1 amide bonds. The number of amides is 1. The minimum Gasteiger partial charge on any atom is -0.467 e. The minimum absolute atomic E-state index is 0.0766. The number of esters is 2. The van der Waals surface area contributed by atoms with Gasteiger partial charge in [-0.05, 0) is 32.9 Å². The lowest BCUT2D eigenvalue weighted by atomic mass is 10.2. The molecule has 0 N–H and O–H groups in total. The van der Waals surface area contributed by atoms with Gasteiger partial charge in [-0.15, -0.1) is 0 Å². The lowest BCUT2D eigenvalue weighted by Gasteiger charge is -2.27. The van der Waals surface area contributed by atoms with Crippen LogP contribution >= 0.6 is 0 Å². The standard InChI is InChI=1S/C18H23NO6/c1-18(2,3)25-17(22)19-11-13(10-14(19)16(21)23-4)24-15(20)12-8-6-5-7-9-12/h5-9,13-14H,10-11H2,1-4H3/t13-,14+/m1/s1. The molecule has 1 heterocycles. The van der Waals surface area contributed by atoms with Gasteiger partial charge in [0.2, 0.25) is 0 Å². The number of carbonyl (C=O) groups excluding carboxylic acids is 3. The topological polar surface area (TPSA) is 82.1 Å². The van der Waals surface area contributed by atoms with Crippen molar-refractivity contribution in [2.75, 3.05) is 13.7 Å². The second kappa shape index (κ2) is 7.55. The maximum Gasteiger partial charge on any atom is 0.411 e. The molecule has 136 valence electrons. The third-order valence-electron chi connectivity index (χ3n) is 3.65. The fourth-order valence-corrected chi connectivity index (χ4v) is 2.56. The molecule has 0 spiro atoms. The van der Waals surface area contributed by atoms with Gasteiger partial charge >= 0.3 is 18.0 Å². The summed E-state index contributed by atoms with van der Waals surface area (Å²) < 4.78 is 15.5. The first-order chi connectivity index (χ1) is 11.7. The van der Waals surface area contributed by atoms with Gasteiger partial charge in [0.1, 0.15) is 17.7 Å². The summed E-state index contributed by atoms with van der Waals surface area (Å²) in [6.07, 6.45) is -1.07. The molecule has 0 saturated carbocycles.